The Bertz CT molecular complexity index is 956. The molecular weight excluding hydrogens is 631 g/mol. The van der Waals surface area contributed by atoms with E-state index in [1.54, 1.807) is 0 Å². The minimum atomic E-state index is -4.77. The lowest BCUT2D eigenvalue weighted by molar-refractivity contribution is -0.161. The Morgan fingerprint density at radius 1 is 0.729 bits per heavy atom. The molecule has 1 fully saturated rings. The lowest BCUT2D eigenvalue weighted by Gasteiger charge is -2.18. The Morgan fingerprint density at radius 2 is 1.33 bits per heavy atom. The molecule has 1 aliphatic rings. The first kappa shape index (κ1) is 44.3. The topological polar surface area (TPSA) is 132 Å². The normalized spacial score (nSPS) is 17.2. The summed E-state index contributed by atoms with van der Waals surface area (Å²) in [6.07, 6.45) is 33.3. The lowest BCUT2D eigenvalue weighted by Crippen LogP contribution is -2.29. The second kappa shape index (κ2) is 29.0. The highest BCUT2D eigenvalue weighted by Crippen LogP contribution is 2.36. The maximum atomic E-state index is 12.4. The number of carbonyl (C=O) groups excluding carboxylic acids is 2. The molecule has 0 aromatic rings. The quantitative estimate of drug-likeness (QED) is 0.0232. The number of unbranched alkanes of at least 4 members (excludes halogenated alkanes) is 11. The van der Waals surface area contributed by atoms with Gasteiger partial charge in [0.25, 0.3) is 0 Å². The molecule has 2 N–H and O–H groups in total. The van der Waals surface area contributed by atoms with Gasteiger partial charge in [-0.25, -0.2) is 4.57 Å². The fourth-order valence-corrected chi connectivity index (χ4v) is 5.71. The maximum absolute atomic E-state index is 12.4. The van der Waals surface area contributed by atoms with E-state index in [0.717, 1.165) is 50.9 Å². The van der Waals surface area contributed by atoms with E-state index in [0.29, 0.717) is 12.8 Å². The molecule has 0 saturated carbocycles. The van der Waals surface area contributed by atoms with E-state index in [1.165, 1.54) is 64.2 Å². The first-order valence-electron chi connectivity index (χ1n) is 18.8. The summed E-state index contributed by atoms with van der Waals surface area (Å²) >= 11 is 0. The van der Waals surface area contributed by atoms with Crippen LogP contribution in [0.4, 0.5) is 0 Å². The SMILES string of the molecule is CCCCC/C=C\C/C=C\C/C=C\CC1OC1CCCC(=O)OC[C@H](COP(=O)(O)O)OC(=O)CCCCCCCCCCCC(C)C. The van der Waals surface area contributed by atoms with Gasteiger partial charge < -0.3 is 24.0 Å². The predicted molar refractivity (Wildman–Crippen MR) is 192 cm³/mol. The zero-order valence-corrected chi connectivity index (χ0v) is 31.1. The zero-order chi connectivity index (χ0) is 35.3. The molecule has 0 amide bonds. The molecule has 3 atom stereocenters. The van der Waals surface area contributed by atoms with Crippen LogP contribution in [0.2, 0.25) is 0 Å². The van der Waals surface area contributed by atoms with Gasteiger partial charge >= 0.3 is 19.8 Å². The van der Waals surface area contributed by atoms with E-state index in [4.69, 9.17) is 24.0 Å². The molecule has 1 saturated heterocycles. The Balaban J connectivity index is 2.16. The summed E-state index contributed by atoms with van der Waals surface area (Å²) in [5.41, 5.74) is 0. The average Bonchev–Trinajstić information content (AvgIpc) is 3.78. The number of phosphoric ester groups is 1. The number of hydrogen-bond acceptors (Lipinski definition) is 7. The molecule has 0 spiro atoms. The summed E-state index contributed by atoms with van der Waals surface area (Å²) in [6, 6.07) is 0. The van der Waals surface area contributed by atoms with E-state index in [9.17, 15) is 14.2 Å². The third kappa shape index (κ3) is 29.2. The molecule has 1 rings (SSSR count). The van der Waals surface area contributed by atoms with Crippen molar-refractivity contribution >= 4 is 19.8 Å². The molecule has 278 valence electrons. The zero-order valence-electron chi connectivity index (χ0n) is 30.2. The van der Waals surface area contributed by atoms with Gasteiger partial charge in [-0.15, -0.1) is 0 Å². The van der Waals surface area contributed by atoms with E-state index < -0.39 is 32.5 Å². The van der Waals surface area contributed by atoms with Gasteiger partial charge in [0.15, 0.2) is 6.10 Å². The van der Waals surface area contributed by atoms with Crippen molar-refractivity contribution in [2.45, 2.75) is 174 Å². The number of allylic oxidation sites excluding steroid dienone is 5. The maximum Gasteiger partial charge on any atom is 0.469 e. The van der Waals surface area contributed by atoms with Gasteiger partial charge in [-0.1, -0.05) is 128 Å². The molecule has 1 aliphatic heterocycles. The fraction of sp³-hybridized carbons (Fsp3) is 0.789. The van der Waals surface area contributed by atoms with Crippen LogP contribution in [0.5, 0.6) is 0 Å². The predicted octanol–water partition coefficient (Wildman–Crippen LogP) is 9.85. The van der Waals surface area contributed by atoms with Crippen molar-refractivity contribution in [1.29, 1.82) is 0 Å². The molecule has 0 bridgehead atoms. The van der Waals surface area contributed by atoms with Crippen LogP contribution in [0.3, 0.4) is 0 Å². The molecule has 0 aromatic heterocycles. The van der Waals surface area contributed by atoms with Crippen molar-refractivity contribution in [2.75, 3.05) is 13.2 Å². The van der Waals surface area contributed by atoms with Gasteiger partial charge in [0.2, 0.25) is 0 Å². The van der Waals surface area contributed by atoms with Gasteiger partial charge in [-0.2, -0.15) is 0 Å². The van der Waals surface area contributed by atoms with Crippen molar-refractivity contribution < 1.29 is 42.7 Å². The largest absolute Gasteiger partial charge is 0.469 e. The van der Waals surface area contributed by atoms with Crippen LogP contribution in [0, 0.1) is 5.92 Å². The smallest absolute Gasteiger partial charge is 0.462 e. The van der Waals surface area contributed by atoms with E-state index in [1.807, 2.05) is 0 Å². The van der Waals surface area contributed by atoms with Crippen molar-refractivity contribution in [1.82, 2.24) is 0 Å². The average molecular weight is 699 g/mol. The van der Waals surface area contributed by atoms with E-state index >= 15 is 0 Å². The van der Waals surface area contributed by atoms with Crippen molar-refractivity contribution in [2.24, 2.45) is 5.92 Å². The molecule has 48 heavy (non-hydrogen) atoms. The summed E-state index contributed by atoms with van der Waals surface area (Å²) < 4.78 is 32.0. The molecule has 0 radical (unpaired) electrons. The standard InChI is InChI=1S/C38H67O9P/c1-4-5-6-7-8-9-10-11-14-17-20-23-27-35-36(47-35)28-25-30-37(39)44-31-34(32-45-48(41,42)43)46-38(40)29-24-21-18-15-12-13-16-19-22-26-33(2)3/h8-9,11,14,20,23,33-36H,4-7,10,12-13,15-19,21-22,24-32H2,1-3H3,(H2,41,42,43)/b9-8-,14-11-,23-20-/t34-,35?,36?/m1/s1. The number of esters is 2. The Kier molecular flexibility index (Phi) is 26.7. The third-order valence-corrected chi connectivity index (χ3v) is 8.75. The molecule has 0 aromatic carbocycles. The van der Waals surface area contributed by atoms with Gasteiger partial charge in [-0.3, -0.25) is 14.1 Å². The van der Waals surface area contributed by atoms with Crippen molar-refractivity contribution in [3.05, 3.63) is 36.5 Å². The van der Waals surface area contributed by atoms with Crippen LogP contribution in [0.15, 0.2) is 36.5 Å². The number of rotatable bonds is 32. The van der Waals surface area contributed by atoms with E-state index in [2.05, 4.69) is 61.8 Å². The van der Waals surface area contributed by atoms with Crippen LogP contribution in [-0.4, -0.2) is 53.3 Å². The second-order valence-electron chi connectivity index (χ2n) is 13.4. The molecule has 9 nitrogen and oxygen atoms in total. The highest BCUT2D eigenvalue weighted by atomic mass is 31.2. The number of phosphoric acid groups is 1. The molecule has 0 aliphatic carbocycles. The highest BCUT2D eigenvalue weighted by molar-refractivity contribution is 7.46. The first-order valence-corrected chi connectivity index (χ1v) is 20.3. The Labute approximate surface area is 291 Å². The lowest BCUT2D eigenvalue weighted by atomic mass is 10.0. The van der Waals surface area contributed by atoms with Crippen LogP contribution < -0.4 is 0 Å². The summed E-state index contributed by atoms with van der Waals surface area (Å²) in [4.78, 5) is 42.8. The number of carbonyl (C=O) groups is 2. The van der Waals surface area contributed by atoms with Gasteiger partial charge in [0.1, 0.15) is 6.61 Å². The molecular formula is C38H67O9P. The van der Waals surface area contributed by atoms with Gasteiger partial charge in [0.05, 0.1) is 18.8 Å². The fourth-order valence-electron chi connectivity index (χ4n) is 5.35. The number of ether oxygens (including phenoxy) is 3. The summed E-state index contributed by atoms with van der Waals surface area (Å²) in [6.45, 7) is 5.87. The van der Waals surface area contributed by atoms with Gasteiger partial charge in [0, 0.05) is 12.8 Å². The van der Waals surface area contributed by atoms with Crippen LogP contribution in [0.25, 0.3) is 0 Å². The number of hydrogen-bond donors (Lipinski definition) is 2. The summed E-state index contributed by atoms with van der Waals surface area (Å²) in [5, 5.41) is 0. The van der Waals surface area contributed by atoms with Gasteiger partial charge in [-0.05, 0) is 57.3 Å². The van der Waals surface area contributed by atoms with Crippen LogP contribution in [-0.2, 0) is 32.9 Å². The third-order valence-electron chi connectivity index (χ3n) is 8.26. The van der Waals surface area contributed by atoms with Crippen molar-refractivity contribution in [3.63, 3.8) is 0 Å². The van der Waals surface area contributed by atoms with Crippen LogP contribution >= 0.6 is 7.82 Å². The minimum Gasteiger partial charge on any atom is -0.462 e. The molecule has 1 heterocycles. The first-order chi connectivity index (χ1) is 23.1. The number of epoxide rings is 1. The minimum absolute atomic E-state index is 0.140. The van der Waals surface area contributed by atoms with E-state index in [-0.39, 0.29) is 31.7 Å². The second-order valence-corrected chi connectivity index (χ2v) is 14.7. The Hall–Kier alpha value is -1.77. The summed E-state index contributed by atoms with van der Waals surface area (Å²) in [7, 11) is -4.77. The molecule has 10 heteroatoms. The molecule has 2 unspecified atom stereocenters. The monoisotopic (exact) mass is 698 g/mol. The Morgan fingerprint density at radius 3 is 1.98 bits per heavy atom. The van der Waals surface area contributed by atoms with Crippen LogP contribution in [0.1, 0.15) is 156 Å². The van der Waals surface area contributed by atoms with Crippen molar-refractivity contribution in [3.8, 4) is 0 Å². The summed E-state index contributed by atoms with van der Waals surface area (Å²) in [5.74, 6) is -0.184. The highest BCUT2D eigenvalue weighted by Gasteiger charge is 2.36.